The predicted octanol–water partition coefficient (Wildman–Crippen LogP) is 2.70. The molecule has 0 saturated carbocycles. The standard InChI is InChI=1S/C15H18FN3/c1-18(11-14-10-17-19(2)12-14)9-3-4-13-5-7-15(16)8-6-13/h3-8,10,12H,9,11H2,1-2H3/b4-3+. The molecule has 4 heteroatoms. The summed E-state index contributed by atoms with van der Waals surface area (Å²) in [6.45, 7) is 1.70. The molecule has 0 radical (unpaired) electrons. The predicted molar refractivity (Wildman–Crippen MR) is 75.0 cm³/mol. The van der Waals surface area contributed by atoms with Gasteiger partial charge in [-0.05, 0) is 24.7 Å². The second kappa shape index (κ2) is 6.29. The van der Waals surface area contributed by atoms with Crippen molar-refractivity contribution in [2.24, 2.45) is 7.05 Å². The zero-order valence-electron chi connectivity index (χ0n) is 11.3. The number of hydrogen-bond acceptors (Lipinski definition) is 2. The van der Waals surface area contributed by atoms with Gasteiger partial charge in [0.2, 0.25) is 0 Å². The van der Waals surface area contributed by atoms with Crippen molar-refractivity contribution in [3.63, 3.8) is 0 Å². The van der Waals surface area contributed by atoms with Crippen molar-refractivity contribution in [1.82, 2.24) is 14.7 Å². The molecule has 2 rings (SSSR count). The molecule has 0 saturated heterocycles. The molecule has 2 aromatic rings. The number of rotatable bonds is 5. The van der Waals surface area contributed by atoms with Crippen molar-refractivity contribution >= 4 is 6.08 Å². The Labute approximate surface area is 113 Å². The molecule has 100 valence electrons. The molecule has 0 atom stereocenters. The van der Waals surface area contributed by atoms with Crippen molar-refractivity contribution in [3.8, 4) is 0 Å². The average molecular weight is 259 g/mol. The zero-order valence-corrected chi connectivity index (χ0v) is 11.3. The Bertz CT molecular complexity index is 543. The molecule has 0 aliphatic rings. The maximum Gasteiger partial charge on any atom is 0.123 e. The maximum absolute atomic E-state index is 12.7. The number of hydrogen-bond donors (Lipinski definition) is 0. The zero-order chi connectivity index (χ0) is 13.7. The summed E-state index contributed by atoms with van der Waals surface area (Å²) in [6, 6.07) is 6.48. The van der Waals surface area contributed by atoms with Crippen molar-refractivity contribution in [2.75, 3.05) is 13.6 Å². The molecule has 0 fully saturated rings. The Morgan fingerprint density at radius 1 is 1.32 bits per heavy atom. The highest BCUT2D eigenvalue weighted by atomic mass is 19.1. The molecule has 0 aliphatic carbocycles. The summed E-state index contributed by atoms with van der Waals surface area (Å²) in [5.41, 5.74) is 2.20. The number of aryl methyl sites for hydroxylation is 1. The second-order valence-corrected chi connectivity index (χ2v) is 4.67. The van der Waals surface area contributed by atoms with Crippen LogP contribution in [0.1, 0.15) is 11.1 Å². The Morgan fingerprint density at radius 3 is 2.68 bits per heavy atom. The van der Waals surface area contributed by atoms with Crippen molar-refractivity contribution in [2.45, 2.75) is 6.54 Å². The lowest BCUT2D eigenvalue weighted by molar-refractivity contribution is 0.364. The number of aromatic nitrogens is 2. The highest BCUT2D eigenvalue weighted by molar-refractivity contribution is 5.48. The summed E-state index contributed by atoms with van der Waals surface area (Å²) >= 11 is 0. The number of likely N-dealkylation sites (N-methyl/N-ethyl adjacent to an activating group) is 1. The van der Waals surface area contributed by atoms with Gasteiger partial charge in [-0.3, -0.25) is 9.58 Å². The summed E-state index contributed by atoms with van der Waals surface area (Å²) in [4.78, 5) is 2.19. The average Bonchev–Trinajstić information content (AvgIpc) is 2.77. The first-order valence-electron chi connectivity index (χ1n) is 6.21. The van der Waals surface area contributed by atoms with E-state index >= 15 is 0 Å². The van der Waals surface area contributed by atoms with E-state index in [1.54, 1.807) is 16.8 Å². The van der Waals surface area contributed by atoms with Crippen LogP contribution in [0.5, 0.6) is 0 Å². The van der Waals surface area contributed by atoms with Gasteiger partial charge < -0.3 is 0 Å². The molecular weight excluding hydrogens is 241 g/mol. The summed E-state index contributed by atoms with van der Waals surface area (Å²) in [5, 5.41) is 4.14. The van der Waals surface area contributed by atoms with Gasteiger partial charge in [-0.15, -0.1) is 0 Å². The molecule has 0 unspecified atom stereocenters. The highest BCUT2D eigenvalue weighted by Crippen LogP contribution is 2.05. The topological polar surface area (TPSA) is 21.1 Å². The minimum atomic E-state index is -0.203. The molecular formula is C15H18FN3. The number of benzene rings is 1. The third-order valence-electron chi connectivity index (χ3n) is 2.81. The number of nitrogens with zero attached hydrogens (tertiary/aromatic N) is 3. The minimum Gasteiger partial charge on any atom is -0.298 e. The highest BCUT2D eigenvalue weighted by Gasteiger charge is 2.00. The molecule has 0 spiro atoms. The lowest BCUT2D eigenvalue weighted by Gasteiger charge is -2.12. The van der Waals surface area contributed by atoms with Crippen LogP contribution in [0, 0.1) is 5.82 Å². The van der Waals surface area contributed by atoms with E-state index in [0.29, 0.717) is 0 Å². The fourth-order valence-electron chi connectivity index (χ4n) is 1.87. The first kappa shape index (κ1) is 13.5. The Balaban J connectivity index is 1.82. The molecule has 0 N–H and O–H groups in total. The molecule has 1 aromatic carbocycles. The van der Waals surface area contributed by atoms with Crippen LogP contribution >= 0.6 is 0 Å². The summed E-state index contributed by atoms with van der Waals surface area (Å²) in [6.07, 6.45) is 7.96. The van der Waals surface area contributed by atoms with E-state index in [1.807, 2.05) is 25.5 Å². The van der Waals surface area contributed by atoms with Gasteiger partial charge in [0.1, 0.15) is 5.82 Å². The van der Waals surface area contributed by atoms with E-state index in [9.17, 15) is 4.39 Å². The molecule has 1 heterocycles. The van der Waals surface area contributed by atoms with Crippen LogP contribution in [0.2, 0.25) is 0 Å². The van der Waals surface area contributed by atoms with E-state index in [2.05, 4.69) is 23.1 Å². The normalized spacial score (nSPS) is 11.6. The Morgan fingerprint density at radius 2 is 2.05 bits per heavy atom. The van der Waals surface area contributed by atoms with Crippen molar-refractivity contribution in [3.05, 3.63) is 59.7 Å². The first-order chi connectivity index (χ1) is 9.13. The van der Waals surface area contributed by atoms with Gasteiger partial charge in [0.15, 0.2) is 0 Å². The lowest BCUT2D eigenvalue weighted by Crippen LogP contribution is -2.17. The quantitative estimate of drug-likeness (QED) is 0.823. The van der Waals surface area contributed by atoms with Crippen LogP contribution in [-0.2, 0) is 13.6 Å². The Kier molecular flexibility index (Phi) is 4.47. The fraction of sp³-hybridized carbons (Fsp3) is 0.267. The van der Waals surface area contributed by atoms with Crippen LogP contribution in [0.4, 0.5) is 4.39 Å². The largest absolute Gasteiger partial charge is 0.298 e. The van der Waals surface area contributed by atoms with Gasteiger partial charge in [-0.1, -0.05) is 24.3 Å². The fourth-order valence-corrected chi connectivity index (χ4v) is 1.87. The SMILES string of the molecule is CN(C/C=C/c1ccc(F)cc1)Cc1cnn(C)c1. The van der Waals surface area contributed by atoms with E-state index in [1.165, 1.54) is 17.7 Å². The first-order valence-corrected chi connectivity index (χ1v) is 6.21. The minimum absolute atomic E-state index is 0.203. The maximum atomic E-state index is 12.7. The van der Waals surface area contributed by atoms with Crippen LogP contribution < -0.4 is 0 Å². The smallest absolute Gasteiger partial charge is 0.123 e. The van der Waals surface area contributed by atoms with Gasteiger partial charge >= 0.3 is 0 Å². The van der Waals surface area contributed by atoms with Crippen LogP contribution in [-0.4, -0.2) is 28.3 Å². The van der Waals surface area contributed by atoms with Gasteiger partial charge in [0.05, 0.1) is 6.20 Å². The van der Waals surface area contributed by atoms with Gasteiger partial charge in [0, 0.05) is 31.9 Å². The number of halogens is 1. The van der Waals surface area contributed by atoms with E-state index < -0.39 is 0 Å². The van der Waals surface area contributed by atoms with Crippen LogP contribution in [0.3, 0.4) is 0 Å². The molecule has 1 aromatic heterocycles. The summed E-state index contributed by atoms with van der Waals surface area (Å²) in [7, 11) is 3.97. The molecule has 3 nitrogen and oxygen atoms in total. The summed E-state index contributed by atoms with van der Waals surface area (Å²) < 4.78 is 14.5. The van der Waals surface area contributed by atoms with E-state index in [0.717, 1.165) is 18.7 Å². The van der Waals surface area contributed by atoms with Crippen LogP contribution in [0.25, 0.3) is 6.08 Å². The molecule has 19 heavy (non-hydrogen) atoms. The third-order valence-corrected chi connectivity index (χ3v) is 2.81. The van der Waals surface area contributed by atoms with Crippen LogP contribution in [0.15, 0.2) is 42.7 Å². The third kappa shape index (κ3) is 4.34. The Hall–Kier alpha value is -1.94. The van der Waals surface area contributed by atoms with Crippen molar-refractivity contribution in [1.29, 1.82) is 0 Å². The second-order valence-electron chi connectivity index (χ2n) is 4.67. The summed E-state index contributed by atoms with van der Waals surface area (Å²) in [5.74, 6) is -0.203. The lowest BCUT2D eigenvalue weighted by atomic mass is 10.2. The van der Waals surface area contributed by atoms with E-state index in [4.69, 9.17) is 0 Å². The van der Waals surface area contributed by atoms with Gasteiger partial charge in [-0.25, -0.2) is 4.39 Å². The molecule has 0 amide bonds. The monoisotopic (exact) mass is 259 g/mol. The molecule has 0 bridgehead atoms. The van der Waals surface area contributed by atoms with E-state index in [-0.39, 0.29) is 5.82 Å². The van der Waals surface area contributed by atoms with Crippen molar-refractivity contribution < 1.29 is 4.39 Å². The molecule has 0 aliphatic heterocycles. The van der Waals surface area contributed by atoms with Gasteiger partial charge in [-0.2, -0.15) is 5.10 Å². The van der Waals surface area contributed by atoms with Gasteiger partial charge in [0.25, 0.3) is 0 Å².